The van der Waals surface area contributed by atoms with E-state index in [2.05, 4.69) is 0 Å². The topological polar surface area (TPSA) is 72.6 Å². The Morgan fingerprint density at radius 2 is 1.95 bits per heavy atom. The van der Waals surface area contributed by atoms with Crippen LogP contribution in [-0.4, -0.2) is 31.9 Å². The van der Waals surface area contributed by atoms with Gasteiger partial charge in [-0.1, -0.05) is 6.92 Å². The molecule has 0 fully saturated rings. The van der Waals surface area contributed by atoms with E-state index >= 15 is 0 Å². The Morgan fingerprint density at radius 1 is 1.29 bits per heavy atom. The lowest BCUT2D eigenvalue weighted by Gasteiger charge is -2.25. The molecule has 0 aliphatic heterocycles. The molecule has 0 aliphatic rings. The van der Waals surface area contributed by atoms with Crippen molar-refractivity contribution in [3.05, 3.63) is 23.8 Å². The summed E-state index contributed by atoms with van der Waals surface area (Å²) in [6.45, 7) is 8.88. The highest BCUT2D eigenvalue weighted by molar-refractivity contribution is 7.89. The lowest BCUT2D eigenvalue weighted by atomic mass is 10.2. The molecule has 0 bridgehead atoms. The second-order valence-corrected chi connectivity index (χ2v) is 7.01. The highest BCUT2D eigenvalue weighted by atomic mass is 32.2. The van der Waals surface area contributed by atoms with Crippen molar-refractivity contribution in [2.75, 3.05) is 13.2 Å². The first-order chi connectivity index (χ1) is 9.88. The van der Waals surface area contributed by atoms with Crippen LogP contribution >= 0.6 is 0 Å². The second kappa shape index (κ2) is 7.77. The number of sulfonamides is 1. The largest absolute Gasteiger partial charge is 0.494 e. The van der Waals surface area contributed by atoms with Crippen LogP contribution in [0.4, 0.5) is 0 Å². The van der Waals surface area contributed by atoms with E-state index in [9.17, 15) is 8.42 Å². The smallest absolute Gasteiger partial charge is 0.243 e. The van der Waals surface area contributed by atoms with Gasteiger partial charge in [0.05, 0.1) is 11.5 Å². The molecule has 0 saturated carbocycles. The van der Waals surface area contributed by atoms with Gasteiger partial charge in [0.25, 0.3) is 0 Å². The normalized spacial score (nSPS) is 12.1. The fraction of sp³-hybridized carbons (Fsp3) is 0.600. The van der Waals surface area contributed by atoms with Gasteiger partial charge in [0.15, 0.2) is 0 Å². The molecule has 1 aromatic rings. The van der Waals surface area contributed by atoms with E-state index < -0.39 is 10.0 Å². The first-order valence-electron chi connectivity index (χ1n) is 7.36. The zero-order chi connectivity index (χ0) is 16.0. The monoisotopic (exact) mass is 314 g/mol. The van der Waals surface area contributed by atoms with Gasteiger partial charge < -0.3 is 10.5 Å². The Hall–Kier alpha value is -1.11. The Balaban J connectivity index is 3.24. The average Bonchev–Trinajstić information content (AvgIpc) is 2.44. The molecule has 1 rings (SSSR count). The molecule has 1 aromatic carbocycles. The van der Waals surface area contributed by atoms with Gasteiger partial charge in [-0.3, -0.25) is 0 Å². The van der Waals surface area contributed by atoms with Gasteiger partial charge in [-0.25, -0.2) is 8.42 Å². The van der Waals surface area contributed by atoms with Crippen LogP contribution in [-0.2, 0) is 16.6 Å². The Bertz CT molecular complexity index is 556. The molecule has 0 spiro atoms. The lowest BCUT2D eigenvalue weighted by Crippen LogP contribution is -2.37. The molecular formula is C15H26N2O3S. The average molecular weight is 314 g/mol. The summed E-state index contributed by atoms with van der Waals surface area (Å²) in [5, 5.41) is 0. The predicted molar refractivity (Wildman–Crippen MR) is 84.8 cm³/mol. The van der Waals surface area contributed by atoms with Crippen molar-refractivity contribution < 1.29 is 13.2 Å². The van der Waals surface area contributed by atoms with E-state index in [0.29, 0.717) is 24.5 Å². The molecule has 6 heteroatoms. The summed E-state index contributed by atoms with van der Waals surface area (Å²) in [7, 11) is -3.50. The van der Waals surface area contributed by atoms with Crippen LogP contribution in [0.5, 0.6) is 5.75 Å². The van der Waals surface area contributed by atoms with E-state index in [1.807, 2.05) is 27.7 Å². The van der Waals surface area contributed by atoms with Gasteiger partial charge in [0.2, 0.25) is 10.0 Å². The SMILES string of the molecule is CCCN(C(C)C)S(=O)(=O)c1ccc(OCC)c(CN)c1. The maximum Gasteiger partial charge on any atom is 0.243 e. The van der Waals surface area contributed by atoms with Gasteiger partial charge in [0.1, 0.15) is 5.75 Å². The summed E-state index contributed by atoms with van der Waals surface area (Å²) in [6.07, 6.45) is 0.776. The molecule has 5 nitrogen and oxygen atoms in total. The highest BCUT2D eigenvalue weighted by Gasteiger charge is 2.26. The molecule has 0 unspecified atom stereocenters. The summed E-state index contributed by atoms with van der Waals surface area (Å²) in [6, 6.07) is 4.81. The molecule has 0 radical (unpaired) electrons. The van der Waals surface area contributed by atoms with Gasteiger partial charge in [0, 0.05) is 24.7 Å². The minimum absolute atomic E-state index is 0.0807. The minimum atomic E-state index is -3.50. The van der Waals surface area contributed by atoms with E-state index in [4.69, 9.17) is 10.5 Å². The number of rotatable bonds is 8. The molecule has 0 heterocycles. The number of hydrogen-bond acceptors (Lipinski definition) is 4. The van der Waals surface area contributed by atoms with Crippen molar-refractivity contribution in [1.82, 2.24) is 4.31 Å². The Labute approximate surface area is 128 Å². The van der Waals surface area contributed by atoms with Crippen LogP contribution in [0.3, 0.4) is 0 Å². The number of ether oxygens (including phenoxy) is 1. The first-order valence-corrected chi connectivity index (χ1v) is 8.80. The van der Waals surface area contributed by atoms with Crippen molar-refractivity contribution in [3.8, 4) is 5.75 Å². The molecule has 120 valence electrons. The quantitative estimate of drug-likeness (QED) is 0.799. The third kappa shape index (κ3) is 4.18. The summed E-state index contributed by atoms with van der Waals surface area (Å²) in [5.41, 5.74) is 6.41. The van der Waals surface area contributed by atoms with Crippen molar-refractivity contribution >= 4 is 10.0 Å². The molecule has 2 N–H and O–H groups in total. The van der Waals surface area contributed by atoms with Crippen molar-refractivity contribution in [2.45, 2.75) is 51.6 Å². The zero-order valence-electron chi connectivity index (χ0n) is 13.3. The fourth-order valence-corrected chi connectivity index (χ4v) is 3.96. The van der Waals surface area contributed by atoms with Gasteiger partial charge in [-0.15, -0.1) is 0 Å². The van der Waals surface area contributed by atoms with Crippen LogP contribution in [0.2, 0.25) is 0 Å². The molecular weight excluding hydrogens is 288 g/mol. The number of benzene rings is 1. The lowest BCUT2D eigenvalue weighted by molar-refractivity contribution is 0.336. The maximum atomic E-state index is 12.7. The zero-order valence-corrected chi connectivity index (χ0v) is 14.1. The van der Waals surface area contributed by atoms with E-state index in [1.165, 1.54) is 4.31 Å². The van der Waals surface area contributed by atoms with Crippen molar-refractivity contribution in [3.63, 3.8) is 0 Å². The summed E-state index contributed by atoms with van der Waals surface area (Å²) in [5.74, 6) is 0.644. The molecule has 0 amide bonds. The van der Waals surface area contributed by atoms with Crippen LogP contribution < -0.4 is 10.5 Å². The molecule has 0 aromatic heterocycles. The van der Waals surface area contributed by atoms with Crippen LogP contribution in [0.25, 0.3) is 0 Å². The highest BCUT2D eigenvalue weighted by Crippen LogP contribution is 2.25. The summed E-state index contributed by atoms with van der Waals surface area (Å²) in [4.78, 5) is 0.272. The third-order valence-corrected chi connectivity index (χ3v) is 5.25. The Kier molecular flexibility index (Phi) is 6.64. The summed E-state index contributed by atoms with van der Waals surface area (Å²) < 4.78 is 32.5. The van der Waals surface area contributed by atoms with E-state index in [-0.39, 0.29) is 17.5 Å². The van der Waals surface area contributed by atoms with Gasteiger partial charge in [-0.05, 0) is 45.4 Å². The number of nitrogens with zero attached hydrogens (tertiary/aromatic N) is 1. The van der Waals surface area contributed by atoms with Crippen LogP contribution in [0.1, 0.15) is 39.7 Å². The minimum Gasteiger partial charge on any atom is -0.494 e. The molecule has 0 aliphatic carbocycles. The van der Waals surface area contributed by atoms with Crippen molar-refractivity contribution in [1.29, 1.82) is 0 Å². The third-order valence-electron chi connectivity index (χ3n) is 3.18. The second-order valence-electron chi connectivity index (χ2n) is 5.12. The van der Waals surface area contributed by atoms with E-state index in [0.717, 1.165) is 6.42 Å². The van der Waals surface area contributed by atoms with Gasteiger partial charge >= 0.3 is 0 Å². The van der Waals surface area contributed by atoms with Crippen LogP contribution in [0, 0.1) is 0 Å². The maximum absolute atomic E-state index is 12.7. The molecule has 21 heavy (non-hydrogen) atoms. The number of nitrogens with two attached hydrogens (primary N) is 1. The van der Waals surface area contributed by atoms with E-state index in [1.54, 1.807) is 18.2 Å². The standard InChI is InChI=1S/C15H26N2O3S/c1-5-9-17(12(3)4)21(18,19)14-7-8-15(20-6-2)13(10-14)11-16/h7-8,10,12H,5-6,9,11,16H2,1-4H3. The first kappa shape index (κ1) is 17.9. The Morgan fingerprint density at radius 3 is 2.43 bits per heavy atom. The number of hydrogen-bond donors (Lipinski definition) is 1. The molecule has 0 saturated heterocycles. The van der Waals surface area contributed by atoms with Crippen LogP contribution in [0.15, 0.2) is 23.1 Å². The molecule has 0 atom stereocenters. The predicted octanol–water partition coefficient (Wildman–Crippen LogP) is 2.35. The van der Waals surface area contributed by atoms with Crippen molar-refractivity contribution in [2.24, 2.45) is 5.73 Å². The van der Waals surface area contributed by atoms with Gasteiger partial charge in [-0.2, -0.15) is 4.31 Å². The fourth-order valence-electron chi connectivity index (χ4n) is 2.18. The summed E-state index contributed by atoms with van der Waals surface area (Å²) >= 11 is 0.